The summed E-state index contributed by atoms with van der Waals surface area (Å²) in [5.41, 5.74) is 2.92. The Morgan fingerprint density at radius 3 is 2.14 bits per heavy atom. The highest BCUT2D eigenvalue weighted by Gasteiger charge is 2.26. The lowest BCUT2D eigenvalue weighted by molar-refractivity contribution is -0.118. The molecule has 0 unspecified atom stereocenters. The predicted octanol–water partition coefficient (Wildman–Crippen LogP) is 7.19. The average molecular weight is 435 g/mol. The highest BCUT2D eigenvalue weighted by Crippen LogP contribution is 2.38. The van der Waals surface area contributed by atoms with Gasteiger partial charge < -0.3 is 10.1 Å². The number of anilines is 1. The maximum absolute atomic E-state index is 12.4. The van der Waals surface area contributed by atoms with Crippen molar-refractivity contribution in [3.05, 3.63) is 57.6 Å². The van der Waals surface area contributed by atoms with E-state index in [4.69, 9.17) is 27.9 Å². The molecule has 3 nitrogen and oxygen atoms in total. The number of ether oxygens (including phenoxy) is 1. The van der Waals surface area contributed by atoms with Crippen LogP contribution in [0.1, 0.15) is 65.5 Å². The molecule has 0 aromatic heterocycles. The van der Waals surface area contributed by atoms with E-state index in [0.29, 0.717) is 15.7 Å². The second-order valence-electron chi connectivity index (χ2n) is 8.59. The highest BCUT2D eigenvalue weighted by molar-refractivity contribution is 6.34. The first-order valence-corrected chi connectivity index (χ1v) is 10.7. The Labute approximate surface area is 184 Å². The van der Waals surface area contributed by atoms with E-state index >= 15 is 0 Å². The van der Waals surface area contributed by atoms with Crippen LogP contribution in [0, 0.1) is 6.07 Å². The van der Waals surface area contributed by atoms with E-state index < -0.39 is 0 Å². The summed E-state index contributed by atoms with van der Waals surface area (Å²) in [5.74, 6) is 0.460. The van der Waals surface area contributed by atoms with Gasteiger partial charge in [0, 0.05) is 17.3 Å². The maximum Gasteiger partial charge on any atom is 0.262 e. The molecule has 1 amide bonds. The minimum absolute atomic E-state index is 0.0675. The lowest BCUT2D eigenvalue weighted by Crippen LogP contribution is -2.24. The van der Waals surface area contributed by atoms with Gasteiger partial charge in [-0.2, -0.15) is 0 Å². The van der Waals surface area contributed by atoms with Crippen LogP contribution in [-0.4, -0.2) is 12.5 Å². The molecule has 0 fully saturated rings. The van der Waals surface area contributed by atoms with Crippen molar-refractivity contribution in [1.29, 1.82) is 0 Å². The van der Waals surface area contributed by atoms with Crippen molar-refractivity contribution in [2.45, 2.75) is 65.2 Å². The van der Waals surface area contributed by atoms with Gasteiger partial charge in [0.25, 0.3) is 5.91 Å². The standard InChI is InChI=1S/C24H30Cl2NO2/c1-7-23(3,4)16-9-10-21(20(11-16)24(5,6)8-2)29-15-22(28)27-19-13-17(25)12-18(26)14-19/h9-11,13-14H,7-8,15H2,1-6H3,(H,27,28). The van der Waals surface area contributed by atoms with Crippen LogP contribution >= 0.6 is 23.2 Å². The van der Waals surface area contributed by atoms with Gasteiger partial charge in [0.2, 0.25) is 0 Å². The monoisotopic (exact) mass is 434 g/mol. The molecule has 157 valence electrons. The van der Waals surface area contributed by atoms with E-state index in [1.165, 1.54) is 5.56 Å². The Bertz CT molecular complexity index is 855. The SMILES string of the molecule is CCC(C)(C)c1ccc(OCC(=O)Nc2cc(Cl)[c]c(Cl)c2)c(C(C)(C)CC)c1. The number of hydrogen-bond donors (Lipinski definition) is 1. The van der Waals surface area contributed by atoms with E-state index in [2.05, 4.69) is 65.1 Å². The second-order valence-corrected chi connectivity index (χ2v) is 9.40. The number of carbonyl (C=O) groups excluding carboxylic acids is 1. The first kappa shape index (κ1) is 23.6. The van der Waals surface area contributed by atoms with Crippen molar-refractivity contribution in [3.63, 3.8) is 0 Å². The third-order valence-corrected chi connectivity index (χ3v) is 6.11. The fourth-order valence-corrected chi connectivity index (χ4v) is 3.40. The van der Waals surface area contributed by atoms with E-state index in [1.807, 2.05) is 6.07 Å². The van der Waals surface area contributed by atoms with E-state index in [9.17, 15) is 4.79 Å². The Morgan fingerprint density at radius 2 is 1.59 bits per heavy atom. The number of carbonyl (C=O) groups is 1. The van der Waals surface area contributed by atoms with Gasteiger partial charge in [-0.25, -0.2) is 0 Å². The van der Waals surface area contributed by atoms with Crippen LogP contribution in [0.3, 0.4) is 0 Å². The lowest BCUT2D eigenvalue weighted by Gasteiger charge is -2.30. The summed E-state index contributed by atoms with van der Waals surface area (Å²) in [6.45, 7) is 13.1. The molecule has 2 aromatic rings. The molecule has 29 heavy (non-hydrogen) atoms. The number of halogens is 2. The Hall–Kier alpha value is -1.71. The van der Waals surface area contributed by atoms with Crippen LogP contribution in [0.2, 0.25) is 10.0 Å². The molecule has 0 aliphatic rings. The zero-order valence-electron chi connectivity index (χ0n) is 18.1. The van der Waals surface area contributed by atoms with E-state index in [0.717, 1.165) is 24.2 Å². The summed E-state index contributed by atoms with van der Waals surface area (Å²) in [6.07, 6.45) is 2.00. The smallest absolute Gasteiger partial charge is 0.262 e. The second kappa shape index (κ2) is 9.40. The summed E-state index contributed by atoms with van der Waals surface area (Å²) >= 11 is 11.9. The minimum Gasteiger partial charge on any atom is -0.483 e. The number of rotatable bonds is 8. The Balaban J connectivity index is 2.21. The first-order valence-electron chi connectivity index (χ1n) is 9.94. The number of hydrogen-bond acceptors (Lipinski definition) is 2. The topological polar surface area (TPSA) is 38.3 Å². The molecule has 5 heteroatoms. The molecule has 1 N–H and O–H groups in total. The normalized spacial score (nSPS) is 12.0. The summed E-state index contributed by atoms with van der Waals surface area (Å²) in [5, 5.41) is 3.44. The van der Waals surface area contributed by atoms with E-state index in [1.54, 1.807) is 12.1 Å². The fraction of sp³-hybridized carbons (Fsp3) is 0.458. The van der Waals surface area contributed by atoms with Crippen LogP contribution in [0.4, 0.5) is 5.69 Å². The van der Waals surface area contributed by atoms with Crippen LogP contribution in [0.5, 0.6) is 5.75 Å². The van der Waals surface area contributed by atoms with Crippen molar-refractivity contribution in [2.75, 3.05) is 11.9 Å². The van der Waals surface area contributed by atoms with Gasteiger partial charge in [-0.3, -0.25) is 4.79 Å². The molecule has 0 atom stereocenters. The molecule has 0 aliphatic heterocycles. The van der Waals surface area contributed by atoms with Crippen LogP contribution < -0.4 is 10.1 Å². The molecule has 0 saturated carbocycles. The lowest BCUT2D eigenvalue weighted by atomic mass is 9.76. The summed E-state index contributed by atoms with van der Waals surface area (Å²) in [4.78, 5) is 12.4. The van der Waals surface area contributed by atoms with Gasteiger partial charge in [-0.05, 0) is 47.4 Å². The summed E-state index contributed by atoms with van der Waals surface area (Å²) in [7, 11) is 0. The van der Waals surface area contributed by atoms with E-state index in [-0.39, 0.29) is 23.3 Å². The zero-order valence-corrected chi connectivity index (χ0v) is 19.6. The molecule has 0 saturated heterocycles. The summed E-state index contributed by atoms with van der Waals surface area (Å²) in [6, 6.07) is 12.2. The minimum atomic E-state index is -0.276. The van der Waals surface area contributed by atoms with Gasteiger partial charge in [0.05, 0.1) is 10.0 Å². The van der Waals surface area contributed by atoms with Crippen molar-refractivity contribution < 1.29 is 9.53 Å². The van der Waals surface area contributed by atoms with Crippen molar-refractivity contribution in [1.82, 2.24) is 0 Å². The largest absolute Gasteiger partial charge is 0.483 e. The van der Waals surface area contributed by atoms with Gasteiger partial charge >= 0.3 is 0 Å². The van der Waals surface area contributed by atoms with Gasteiger partial charge in [0.1, 0.15) is 5.75 Å². The molecular weight excluding hydrogens is 405 g/mol. The quantitative estimate of drug-likeness (QED) is 0.477. The van der Waals surface area contributed by atoms with Gasteiger partial charge in [-0.1, -0.05) is 76.9 Å². The molecule has 0 heterocycles. The fourth-order valence-electron chi connectivity index (χ4n) is 2.91. The maximum atomic E-state index is 12.4. The molecule has 2 rings (SSSR count). The van der Waals surface area contributed by atoms with Gasteiger partial charge in [-0.15, -0.1) is 0 Å². The zero-order chi connectivity index (χ0) is 21.8. The molecule has 0 bridgehead atoms. The highest BCUT2D eigenvalue weighted by atomic mass is 35.5. The van der Waals surface area contributed by atoms with Crippen LogP contribution in [0.25, 0.3) is 0 Å². The third-order valence-electron chi connectivity index (χ3n) is 5.70. The number of amides is 1. The molecule has 0 aliphatic carbocycles. The van der Waals surface area contributed by atoms with Crippen molar-refractivity contribution in [2.24, 2.45) is 0 Å². The third kappa shape index (κ3) is 6.13. The van der Waals surface area contributed by atoms with Crippen molar-refractivity contribution >= 4 is 34.8 Å². The average Bonchev–Trinajstić information content (AvgIpc) is 2.65. The van der Waals surface area contributed by atoms with Gasteiger partial charge in [0.15, 0.2) is 6.61 Å². The molecule has 0 spiro atoms. The summed E-state index contributed by atoms with van der Waals surface area (Å²) < 4.78 is 5.94. The van der Waals surface area contributed by atoms with Crippen molar-refractivity contribution in [3.8, 4) is 5.75 Å². The van der Waals surface area contributed by atoms with Crippen LogP contribution in [-0.2, 0) is 15.6 Å². The number of nitrogens with one attached hydrogen (secondary N) is 1. The van der Waals surface area contributed by atoms with Crippen LogP contribution in [0.15, 0.2) is 30.3 Å². The Morgan fingerprint density at radius 1 is 1.00 bits per heavy atom. The number of benzene rings is 2. The first-order chi connectivity index (χ1) is 13.5. The molecule has 1 radical (unpaired) electrons. The Kier molecular flexibility index (Phi) is 7.64. The predicted molar refractivity (Wildman–Crippen MR) is 122 cm³/mol. The molecular formula is C24H30Cl2NO2. The molecule has 2 aromatic carbocycles.